The summed E-state index contributed by atoms with van der Waals surface area (Å²) >= 11 is 1.65. The predicted octanol–water partition coefficient (Wildman–Crippen LogP) is 2.48. The van der Waals surface area contributed by atoms with Gasteiger partial charge in [0.1, 0.15) is 0 Å². The van der Waals surface area contributed by atoms with E-state index in [9.17, 15) is 8.42 Å². The van der Waals surface area contributed by atoms with Crippen LogP contribution in [0.25, 0.3) is 0 Å². The minimum Gasteiger partial charge on any atom is -0.313 e. The van der Waals surface area contributed by atoms with Gasteiger partial charge in [0.25, 0.3) is 0 Å². The standard InChI is InChI=1S/C15H26N2O2S2/c1-5-9-16-12-14-7-6-8-15(13(14)2)21(18,19)17(3)10-11-20-4/h6-8,16H,5,9-12H2,1-4H3. The van der Waals surface area contributed by atoms with Crippen LogP contribution in [0.4, 0.5) is 0 Å². The lowest BCUT2D eigenvalue weighted by Gasteiger charge is -2.19. The van der Waals surface area contributed by atoms with Crippen molar-refractivity contribution in [3.05, 3.63) is 29.3 Å². The third-order valence-electron chi connectivity index (χ3n) is 3.44. The van der Waals surface area contributed by atoms with Gasteiger partial charge in [-0.1, -0.05) is 19.1 Å². The molecule has 1 aromatic carbocycles. The molecule has 0 saturated carbocycles. The summed E-state index contributed by atoms with van der Waals surface area (Å²) in [6.07, 6.45) is 3.04. The molecule has 21 heavy (non-hydrogen) atoms. The van der Waals surface area contributed by atoms with Gasteiger partial charge < -0.3 is 5.32 Å². The highest BCUT2D eigenvalue weighted by Crippen LogP contribution is 2.22. The molecule has 0 fully saturated rings. The summed E-state index contributed by atoms with van der Waals surface area (Å²) in [5.41, 5.74) is 1.89. The highest BCUT2D eigenvalue weighted by atomic mass is 32.2. The van der Waals surface area contributed by atoms with Crippen LogP contribution in [0.1, 0.15) is 24.5 Å². The van der Waals surface area contributed by atoms with Gasteiger partial charge in [-0.05, 0) is 43.3 Å². The number of nitrogens with zero attached hydrogens (tertiary/aromatic N) is 1. The van der Waals surface area contributed by atoms with Crippen LogP contribution >= 0.6 is 11.8 Å². The number of benzene rings is 1. The number of hydrogen-bond donors (Lipinski definition) is 1. The van der Waals surface area contributed by atoms with Gasteiger partial charge in [0.15, 0.2) is 0 Å². The van der Waals surface area contributed by atoms with Crippen LogP contribution in [0.5, 0.6) is 0 Å². The Labute approximate surface area is 133 Å². The van der Waals surface area contributed by atoms with E-state index in [0.29, 0.717) is 18.0 Å². The zero-order valence-corrected chi connectivity index (χ0v) is 15.0. The molecule has 1 rings (SSSR count). The van der Waals surface area contributed by atoms with Crippen molar-refractivity contribution >= 4 is 21.8 Å². The average Bonchev–Trinajstić information content (AvgIpc) is 2.46. The Morgan fingerprint density at radius 2 is 2.05 bits per heavy atom. The fraction of sp³-hybridized carbons (Fsp3) is 0.600. The minimum atomic E-state index is -3.40. The molecule has 0 unspecified atom stereocenters. The molecule has 0 aliphatic heterocycles. The van der Waals surface area contributed by atoms with E-state index in [2.05, 4.69) is 12.2 Å². The molecule has 0 atom stereocenters. The maximum atomic E-state index is 12.6. The highest BCUT2D eigenvalue weighted by Gasteiger charge is 2.23. The van der Waals surface area contributed by atoms with Gasteiger partial charge in [-0.25, -0.2) is 12.7 Å². The third-order valence-corrected chi connectivity index (χ3v) is 6.03. The molecule has 0 aliphatic rings. The first-order valence-electron chi connectivity index (χ1n) is 7.19. The topological polar surface area (TPSA) is 49.4 Å². The highest BCUT2D eigenvalue weighted by molar-refractivity contribution is 7.98. The van der Waals surface area contributed by atoms with Crippen LogP contribution in [0.15, 0.2) is 23.1 Å². The second-order valence-corrected chi connectivity index (χ2v) is 8.04. The normalized spacial score (nSPS) is 12.0. The quantitative estimate of drug-likeness (QED) is 0.707. The van der Waals surface area contributed by atoms with Gasteiger partial charge in [0.2, 0.25) is 10.0 Å². The summed E-state index contributed by atoms with van der Waals surface area (Å²) in [5, 5.41) is 3.32. The molecule has 0 heterocycles. The molecule has 6 heteroatoms. The molecule has 0 aliphatic carbocycles. The molecule has 1 N–H and O–H groups in total. The minimum absolute atomic E-state index is 0.418. The summed E-state index contributed by atoms with van der Waals surface area (Å²) < 4.78 is 26.7. The first kappa shape index (κ1) is 18.5. The smallest absolute Gasteiger partial charge is 0.243 e. The molecular weight excluding hydrogens is 304 g/mol. The molecule has 0 bridgehead atoms. The van der Waals surface area contributed by atoms with E-state index >= 15 is 0 Å². The third kappa shape index (κ3) is 4.98. The average molecular weight is 331 g/mol. The van der Waals surface area contributed by atoms with E-state index in [-0.39, 0.29) is 0 Å². The maximum absolute atomic E-state index is 12.6. The van der Waals surface area contributed by atoms with Crippen molar-refractivity contribution in [3.8, 4) is 0 Å². The van der Waals surface area contributed by atoms with Crippen LogP contribution in [0, 0.1) is 6.92 Å². The van der Waals surface area contributed by atoms with Gasteiger partial charge in [0.05, 0.1) is 4.90 Å². The Morgan fingerprint density at radius 3 is 2.67 bits per heavy atom. The molecule has 1 aromatic rings. The first-order chi connectivity index (χ1) is 9.95. The van der Waals surface area contributed by atoms with E-state index in [1.807, 2.05) is 25.3 Å². The molecule has 120 valence electrons. The van der Waals surface area contributed by atoms with Gasteiger partial charge in [0, 0.05) is 25.9 Å². The number of thioether (sulfide) groups is 1. The fourth-order valence-electron chi connectivity index (χ4n) is 2.04. The summed E-state index contributed by atoms with van der Waals surface area (Å²) in [6, 6.07) is 5.51. The molecule has 0 radical (unpaired) electrons. The Hall–Kier alpha value is -0.560. The molecule has 0 saturated heterocycles. The van der Waals surface area contributed by atoms with Gasteiger partial charge in [-0.15, -0.1) is 0 Å². The van der Waals surface area contributed by atoms with E-state index < -0.39 is 10.0 Å². The largest absolute Gasteiger partial charge is 0.313 e. The monoisotopic (exact) mass is 330 g/mol. The lowest BCUT2D eigenvalue weighted by Crippen LogP contribution is -2.30. The SMILES string of the molecule is CCCNCc1cccc(S(=O)(=O)N(C)CCSC)c1C. The van der Waals surface area contributed by atoms with Crippen LogP contribution in [-0.4, -0.2) is 44.9 Å². The predicted molar refractivity (Wildman–Crippen MR) is 91.4 cm³/mol. The van der Waals surface area contributed by atoms with E-state index in [0.717, 1.165) is 29.8 Å². The van der Waals surface area contributed by atoms with Crippen LogP contribution in [-0.2, 0) is 16.6 Å². The summed E-state index contributed by atoms with van der Waals surface area (Å²) in [4.78, 5) is 0.418. The van der Waals surface area contributed by atoms with E-state index in [1.54, 1.807) is 24.9 Å². The van der Waals surface area contributed by atoms with Gasteiger partial charge >= 0.3 is 0 Å². The Kier molecular flexibility index (Phi) is 7.73. The van der Waals surface area contributed by atoms with Crippen LogP contribution in [0.3, 0.4) is 0 Å². The number of rotatable bonds is 9. The Balaban J connectivity index is 2.99. The first-order valence-corrected chi connectivity index (χ1v) is 10.0. The van der Waals surface area contributed by atoms with Crippen molar-refractivity contribution in [1.29, 1.82) is 0 Å². The van der Waals surface area contributed by atoms with Crippen molar-refractivity contribution in [2.24, 2.45) is 0 Å². The number of hydrogen-bond acceptors (Lipinski definition) is 4. The lowest BCUT2D eigenvalue weighted by molar-refractivity contribution is 0.488. The van der Waals surface area contributed by atoms with Gasteiger partial charge in [-0.2, -0.15) is 11.8 Å². The zero-order chi connectivity index (χ0) is 15.9. The maximum Gasteiger partial charge on any atom is 0.243 e. The number of sulfonamides is 1. The van der Waals surface area contributed by atoms with E-state index in [1.165, 1.54) is 4.31 Å². The molecule has 0 spiro atoms. The van der Waals surface area contributed by atoms with Crippen molar-refractivity contribution in [3.63, 3.8) is 0 Å². The Morgan fingerprint density at radius 1 is 1.33 bits per heavy atom. The van der Waals surface area contributed by atoms with Crippen molar-refractivity contribution in [1.82, 2.24) is 9.62 Å². The van der Waals surface area contributed by atoms with Crippen molar-refractivity contribution < 1.29 is 8.42 Å². The van der Waals surface area contributed by atoms with Crippen molar-refractivity contribution in [2.45, 2.75) is 31.7 Å². The Bertz CT molecular complexity index is 545. The summed E-state index contributed by atoms with van der Waals surface area (Å²) in [6.45, 7) is 6.17. The van der Waals surface area contributed by atoms with Crippen molar-refractivity contribution in [2.75, 3.05) is 32.1 Å². The second-order valence-electron chi connectivity index (χ2n) is 5.04. The van der Waals surface area contributed by atoms with Crippen LogP contribution in [0.2, 0.25) is 0 Å². The lowest BCUT2D eigenvalue weighted by atomic mass is 10.1. The second kappa shape index (κ2) is 8.78. The molecule has 0 amide bonds. The summed E-state index contributed by atoms with van der Waals surface area (Å²) in [7, 11) is -1.76. The molecule has 4 nitrogen and oxygen atoms in total. The summed E-state index contributed by atoms with van der Waals surface area (Å²) in [5.74, 6) is 0.798. The molecule has 0 aromatic heterocycles. The number of nitrogens with one attached hydrogen (secondary N) is 1. The van der Waals surface area contributed by atoms with Gasteiger partial charge in [-0.3, -0.25) is 0 Å². The fourth-order valence-corrected chi connectivity index (χ4v) is 4.05. The van der Waals surface area contributed by atoms with Crippen LogP contribution < -0.4 is 5.32 Å². The molecular formula is C15H26N2O2S2. The zero-order valence-electron chi connectivity index (χ0n) is 13.3. The van der Waals surface area contributed by atoms with E-state index in [4.69, 9.17) is 0 Å².